The van der Waals surface area contributed by atoms with Gasteiger partial charge in [-0.15, -0.1) is 0 Å². The molecule has 0 aliphatic carbocycles. The zero-order chi connectivity index (χ0) is 27.8. The molecule has 3 heterocycles. The maximum absolute atomic E-state index is 11.5. The molecule has 7 heteroatoms. The summed E-state index contributed by atoms with van der Waals surface area (Å²) in [6.07, 6.45) is 5.49. The number of hydrogen-bond acceptors (Lipinski definition) is 6. The molecule has 39 heavy (non-hydrogen) atoms. The van der Waals surface area contributed by atoms with Gasteiger partial charge in [-0.25, -0.2) is 0 Å². The highest BCUT2D eigenvalue weighted by molar-refractivity contribution is 6.99. The highest BCUT2D eigenvalue weighted by Crippen LogP contribution is 2.53. The molecular weight excluding hydrogens is 508 g/mol. The summed E-state index contributed by atoms with van der Waals surface area (Å²) in [5.41, 5.74) is -1.11. The van der Waals surface area contributed by atoms with Crippen molar-refractivity contribution in [3.05, 3.63) is 60.7 Å². The Hall–Kier alpha value is -1.58. The van der Waals surface area contributed by atoms with Crippen LogP contribution in [0.4, 0.5) is 0 Å². The van der Waals surface area contributed by atoms with Gasteiger partial charge in [0.05, 0.1) is 18.8 Å². The molecule has 2 aromatic rings. The molecule has 0 saturated carbocycles. The summed E-state index contributed by atoms with van der Waals surface area (Å²) in [5.74, 6) is -1.90. The number of aliphatic hydroxyl groups excluding tert-OH is 1. The summed E-state index contributed by atoms with van der Waals surface area (Å²) in [4.78, 5) is 0. The molecular formula is C32H46O6Si. The minimum Gasteiger partial charge on any atom is -0.407 e. The van der Waals surface area contributed by atoms with Crippen molar-refractivity contribution < 1.29 is 28.8 Å². The monoisotopic (exact) mass is 554 g/mol. The second-order valence-corrected chi connectivity index (χ2v) is 17.2. The van der Waals surface area contributed by atoms with Gasteiger partial charge in [-0.3, -0.25) is 0 Å². The van der Waals surface area contributed by atoms with E-state index in [0.717, 1.165) is 32.1 Å². The lowest BCUT2D eigenvalue weighted by Crippen LogP contribution is -2.66. The molecule has 2 N–H and O–H groups in total. The first-order chi connectivity index (χ1) is 18.5. The summed E-state index contributed by atoms with van der Waals surface area (Å²) >= 11 is 0. The Morgan fingerprint density at radius 3 is 2.10 bits per heavy atom. The van der Waals surface area contributed by atoms with Crippen molar-refractivity contribution in [2.24, 2.45) is 0 Å². The number of rotatable bonds is 7. The van der Waals surface area contributed by atoms with Gasteiger partial charge in [0.25, 0.3) is 8.32 Å². The zero-order valence-electron chi connectivity index (χ0n) is 24.0. The van der Waals surface area contributed by atoms with E-state index in [1.165, 1.54) is 10.4 Å². The van der Waals surface area contributed by atoms with Gasteiger partial charge in [0.2, 0.25) is 5.79 Å². The summed E-state index contributed by atoms with van der Waals surface area (Å²) in [5, 5.41) is 23.6. The van der Waals surface area contributed by atoms with Crippen LogP contribution in [0, 0.1) is 0 Å². The van der Waals surface area contributed by atoms with Gasteiger partial charge in [0.15, 0.2) is 5.79 Å². The molecule has 3 aliphatic rings. The summed E-state index contributed by atoms with van der Waals surface area (Å²) in [7, 11) is -2.63. The van der Waals surface area contributed by atoms with E-state index in [9.17, 15) is 10.2 Å². The van der Waals surface area contributed by atoms with Crippen LogP contribution in [-0.2, 0) is 18.6 Å². The van der Waals surface area contributed by atoms with Crippen LogP contribution < -0.4 is 10.4 Å². The predicted octanol–water partition coefficient (Wildman–Crippen LogP) is 4.65. The van der Waals surface area contributed by atoms with E-state index in [-0.39, 0.29) is 23.9 Å². The first-order valence-corrected chi connectivity index (χ1v) is 16.6. The van der Waals surface area contributed by atoms with Gasteiger partial charge < -0.3 is 28.8 Å². The minimum absolute atomic E-state index is 0.0163. The fourth-order valence-electron chi connectivity index (χ4n) is 7.02. The Kier molecular flexibility index (Phi) is 8.17. The van der Waals surface area contributed by atoms with E-state index in [1.807, 2.05) is 6.92 Å². The molecule has 3 saturated heterocycles. The fraction of sp³-hybridized carbons (Fsp3) is 0.625. The molecule has 0 amide bonds. The number of ether oxygens (including phenoxy) is 3. The van der Waals surface area contributed by atoms with Crippen molar-refractivity contribution in [3.8, 4) is 0 Å². The zero-order valence-corrected chi connectivity index (χ0v) is 25.0. The summed E-state index contributed by atoms with van der Waals surface area (Å²) in [6, 6.07) is 21.4. The number of benzene rings is 2. The number of hydrogen-bond donors (Lipinski definition) is 2. The lowest BCUT2D eigenvalue weighted by Gasteiger charge is -2.50. The molecule has 5 atom stereocenters. The third-order valence-electron chi connectivity index (χ3n) is 9.16. The van der Waals surface area contributed by atoms with Gasteiger partial charge in [0.1, 0.15) is 5.60 Å². The molecule has 2 aromatic carbocycles. The Bertz CT molecular complexity index is 1050. The Morgan fingerprint density at radius 1 is 0.872 bits per heavy atom. The fourth-order valence-corrected chi connectivity index (χ4v) is 11.6. The van der Waals surface area contributed by atoms with Crippen LogP contribution in [0.1, 0.15) is 79.1 Å². The molecule has 0 unspecified atom stereocenters. The largest absolute Gasteiger partial charge is 0.407 e. The first kappa shape index (κ1) is 28.9. The standard InChI is InChI=1S/C32H46O6Si/c1-29(2,3)39(27-13-7-5-8-14-27,28-15-9-6-10-16-28)35-23-18-25-17-20-30(4,34)32(37-25)22-21-31(38-32)19-11-12-26(24-33)36-31/h5-10,13-16,25-26,33-34H,11-12,17-24H2,1-4H3/t25-,26+,30+,31+,32+/m1/s1. The lowest BCUT2D eigenvalue weighted by atomic mass is 9.83. The van der Waals surface area contributed by atoms with Crippen molar-refractivity contribution >= 4 is 18.7 Å². The van der Waals surface area contributed by atoms with Crippen LogP contribution in [0.15, 0.2) is 60.7 Å². The third-order valence-corrected chi connectivity index (χ3v) is 14.2. The van der Waals surface area contributed by atoms with E-state index in [2.05, 4.69) is 81.4 Å². The molecule has 214 valence electrons. The van der Waals surface area contributed by atoms with E-state index in [0.29, 0.717) is 25.9 Å². The minimum atomic E-state index is -2.63. The highest BCUT2D eigenvalue weighted by Gasteiger charge is 2.63. The predicted molar refractivity (Wildman–Crippen MR) is 155 cm³/mol. The van der Waals surface area contributed by atoms with Gasteiger partial charge in [-0.2, -0.15) is 0 Å². The highest BCUT2D eigenvalue weighted by atomic mass is 28.4. The van der Waals surface area contributed by atoms with E-state index < -0.39 is 25.5 Å². The first-order valence-electron chi connectivity index (χ1n) is 14.7. The molecule has 5 rings (SSSR count). The second-order valence-electron chi connectivity index (χ2n) is 12.9. The quantitative estimate of drug-likeness (QED) is 0.486. The normalized spacial score (nSPS) is 33.6. The van der Waals surface area contributed by atoms with Crippen LogP contribution in [0.5, 0.6) is 0 Å². The molecule has 0 radical (unpaired) electrons. The average molecular weight is 555 g/mol. The molecule has 0 aromatic heterocycles. The van der Waals surface area contributed by atoms with Crippen molar-refractivity contribution in [2.45, 2.75) is 113 Å². The van der Waals surface area contributed by atoms with Crippen molar-refractivity contribution in [1.29, 1.82) is 0 Å². The van der Waals surface area contributed by atoms with Gasteiger partial charge in [0, 0.05) is 25.9 Å². The Morgan fingerprint density at radius 2 is 1.51 bits per heavy atom. The summed E-state index contributed by atoms with van der Waals surface area (Å²) in [6.45, 7) is 9.24. The third kappa shape index (κ3) is 5.40. The molecule has 2 spiro atoms. The van der Waals surface area contributed by atoms with E-state index >= 15 is 0 Å². The van der Waals surface area contributed by atoms with Crippen LogP contribution >= 0.6 is 0 Å². The second kappa shape index (κ2) is 11.0. The Labute approximate surface area is 234 Å². The lowest BCUT2D eigenvalue weighted by molar-refractivity contribution is -0.402. The van der Waals surface area contributed by atoms with E-state index in [1.54, 1.807) is 0 Å². The van der Waals surface area contributed by atoms with Crippen LogP contribution in [0.3, 0.4) is 0 Å². The topological polar surface area (TPSA) is 77.4 Å². The Balaban J connectivity index is 1.34. The van der Waals surface area contributed by atoms with Gasteiger partial charge in [-0.1, -0.05) is 81.4 Å². The summed E-state index contributed by atoms with van der Waals surface area (Å²) < 4.78 is 26.6. The van der Waals surface area contributed by atoms with Crippen LogP contribution in [-0.4, -0.2) is 61.1 Å². The van der Waals surface area contributed by atoms with Gasteiger partial charge >= 0.3 is 0 Å². The molecule has 6 nitrogen and oxygen atoms in total. The van der Waals surface area contributed by atoms with E-state index in [4.69, 9.17) is 18.6 Å². The van der Waals surface area contributed by atoms with Crippen molar-refractivity contribution in [3.63, 3.8) is 0 Å². The van der Waals surface area contributed by atoms with Crippen LogP contribution in [0.25, 0.3) is 0 Å². The number of aliphatic hydroxyl groups is 2. The van der Waals surface area contributed by atoms with Crippen LogP contribution in [0.2, 0.25) is 5.04 Å². The SMILES string of the molecule is CC(C)(C)[Si](OCC[C@H]1CC[C@](C)(O)[C@@]2(CC[C@]3(CCC[C@@H](CO)O3)O2)O1)(c1ccccc1)c1ccccc1. The maximum atomic E-state index is 11.5. The average Bonchev–Trinajstić information content (AvgIpc) is 3.27. The molecule has 3 aliphatic heterocycles. The molecule has 0 bridgehead atoms. The van der Waals surface area contributed by atoms with Crippen molar-refractivity contribution in [1.82, 2.24) is 0 Å². The van der Waals surface area contributed by atoms with Gasteiger partial charge in [-0.05, 0) is 54.4 Å². The molecule has 3 fully saturated rings. The smallest absolute Gasteiger partial charge is 0.261 e. The van der Waals surface area contributed by atoms with Crippen molar-refractivity contribution in [2.75, 3.05) is 13.2 Å². The maximum Gasteiger partial charge on any atom is 0.261 e.